The standard InChI is InChI=1S/C18H35N5O4S.HI/c1-4-19-18(20-15-17(24)21-7-5-6-8-21)22-9-11-23(12-10-22)28(25,26)14-13-27-16(2)3;/h16H,4-15H2,1-3H3,(H,19,20);1H. The fraction of sp³-hybridized carbons (Fsp3) is 0.889. The third-order valence-corrected chi connectivity index (χ3v) is 6.72. The molecule has 0 saturated carbocycles. The van der Waals surface area contributed by atoms with Gasteiger partial charge in [-0.3, -0.25) is 4.79 Å². The van der Waals surface area contributed by atoms with Gasteiger partial charge in [0.1, 0.15) is 6.54 Å². The third-order valence-electron chi connectivity index (χ3n) is 4.88. The summed E-state index contributed by atoms with van der Waals surface area (Å²) in [7, 11) is -3.32. The molecule has 0 unspecified atom stereocenters. The van der Waals surface area contributed by atoms with E-state index in [2.05, 4.69) is 10.3 Å². The number of nitrogens with one attached hydrogen (secondary N) is 1. The summed E-state index contributed by atoms with van der Waals surface area (Å²) in [4.78, 5) is 20.6. The maximum atomic E-state index is 12.5. The van der Waals surface area contributed by atoms with E-state index in [9.17, 15) is 13.2 Å². The number of aliphatic imine (C=N–C) groups is 1. The second-order valence-corrected chi connectivity index (χ2v) is 9.47. The number of hydrogen-bond donors (Lipinski definition) is 1. The lowest BCUT2D eigenvalue weighted by molar-refractivity contribution is -0.128. The van der Waals surface area contributed by atoms with Crippen molar-refractivity contribution >= 4 is 45.9 Å². The van der Waals surface area contributed by atoms with Crippen molar-refractivity contribution in [3.8, 4) is 0 Å². The molecule has 2 aliphatic heterocycles. The number of halogens is 1. The van der Waals surface area contributed by atoms with Crippen molar-refractivity contribution in [2.75, 3.05) is 64.7 Å². The Labute approximate surface area is 192 Å². The highest BCUT2D eigenvalue weighted by molar-refractivity contribution is 14.0. The first-order valence-corrected chi connectivity index (χ1v) is 11.8. The smallest absolute Gasteiger partial charge is 0.244 e. The first kappa shape index (κ1) is 26.4. The summed E-state index contributed by atoms with van der Waals surface area (Å²) >= 11 is 0. The Morgan fingerprint density at radius 1 is 1.07 bits per heavy atom. The average Bonchev–Trinajstić information content (AvgIpc) is 3.19. The molecule has 2 rings (SSSR count). The Morgan fingerprint density at radius 2 is 1.69 bits per heavy atom. The van der Waals surface area contributed by atoms with Crippen LogP contribution in [-0.2, 0) is 19.6 Å². The van der Waals surface area contributed by atoms with Crippen LogP contribution in [0.1, 0.15) is 33.6 Å². The van der Waals surface area contributed by atoms with Gasteiger partial charge in [0.25, 0.3) is 0 Å². The minimum absolute atomic E-state index is 0. The molecule has 11 heteroatoms. The molecule has 0 bridgehead atoms. The Bertz CT molecular complexity index is 630. The van der Waals surface area contributed by atoms with Gasteiger partial charge in [-0.25, -0.2) is 13.4 Å². The number of sulfonamides is 1. The lowest BCUT2D eigenvalue weighted by atomic mass is 10.4. The lowest BCUT2D eigenvalue weighted by Crippen LogP contribution is -2.54. The van der Waals surface area contributed by atoms with E-state index in [4.69, 9.17) is 4.74 Å². The molecular weight excluding hydrogens is 509 g/mol. The maximum Gasteiger partial charge on any atom is 0.244 e. The van der Waals surface area contributed by atoms with E-state index in [1.165, 1.54) is 4.31 Å². The van der Waals surface area contributed by atoms with E-state index in [0.29, 0.717) is 38.7 Å². The van der Waals surface area contributed by atoms with E-state index < -0.39 is 10.0 Å². The first-order valence-electron chi connectivity index (χ1n) is 10.2. The molecule has 0 aromatic rings. The zero-order chi connectivity index (χ0) is 20.6. The number of hydrogen-bond acceptors (Lipinski definition) is 5. The molecule has 9 nitrogen and oxygen atoms in total. The lowest BCUT2D eigenvalue weighted by Gasteiger charge is -2.36. The summed E-state index contributed by atoms with van der Waals surface area (Å²) in [5, 5.41) is 3.22. The normalized spacial score (nSPS) is 18.8. The maximum absolute atomic E-state index is 12.5. The van der Waals surface area contributed by atoms with Gasteiger partial charge < -0.3 is 19.9 Å². The van der Waals surface area contributed by atoms with Gasteiger partial charge in [-0.05, 0) is 33.6 Å². The molecule has 170 valence electrons. The van der Waals surface area contributed by atoms with Crippen LogP contribution >= 0.6 is 24.0 Å². The Balaban J connectivity index is 0.00000420. The van der Waals surface area contributed by atoms with Gasteiger partial charge in [0.05, 0.1) is 18.5 Å². The highest BCUT2D eigenvalue weighted by Crippen LogP contribution is 2.10. The molecule has 2 aliphatic rings. The van der Waals surface area contributed by atoms with Crippen LogP contribution < -0.4 is 5.32 Å². The quantitative estimate of drug-likeness (QED) is 0.272. The topological polar surface area (TPSA) is 94.5 Å². The molecule has 1 N–H and O–H groups in total. The zero-order valence-corrected chi connectivity index (χ0v) is 20.9. The molecule has 29 heavy (non-hydrogen) atoms. The molecule has 0 atom stereocenters. The third kappa shape index (κ3) is 8.54. The van der Waals surface area contributed by atoms with E-state index in [1.807, 2.05) is 30.6 Å². The summed E-state index contributed by atoms with van der Waals surface area (Å²) in [6.45, 7) is 10.4. The molecule has 1 amide bonds. The highest BCUT2D eigenvalue weighted by Gasteiger charge is 2.28. The van der Waals surface area contributed by atoms with Crippen LogP contribution in [0.3, 0.4) is 0 Å². The average molecular weight is 545 g/mol. The number of piperazine rings is 1. The van der Waals surface area contributed by atoms with Crippen molar-refractivity contribution in [2.24, 2.45) is 4.99 Å². The minimum Gasteiger partial charge on any atom is -0.378 e. The first-order chi connectivity index (χ1) is 13.3. The summed E-state index contributed by atoms with van der Waals surface area (Å²) in [6, 6.07) is 0. The predicted octanol–water partition coefficient (Wildman–Crippen LogP) is 0.565. The second-order valence-electron chi connectivity index (χ2n) is 7.38. The number of ether oxygens (including phenoxy) is 1. The fourth-order valence-corrected chi connectivity index (χ4v) is 4.62. The number of rotatable bonds is 8. The molecule has 2 saturated heterocycles. The van der Waals surface area contributed by atoms with Crippen LogP contribution in [0.5, 0.6) is 0 Å². The van der Waals surface area contributed by atoms with Gasteiger partial charge >= 0.3 is 0 Å². The van der Waals surface area contributed by atoms with Gasteiger partial charge in [0.15, 0.2) is 5.96 Å². The van der Waals surface area contributed by atoms with Crippen LogP contribution in [0.15, 0.2) is 4.99 Å². The highest BCUT2D eigenvalue weighted by atomic mass is 127. The molecular formula is C18H36IN5O4S. The second kappa shape index (κ2) is 12.9. The summed E-state index contributed by atoms with van der Waals surface area (Å²) in [5.41, 5.74) is 0. The zero-order valence-electron chi connectivity index (χ0n) is 17.8. The van der Waals surface area contributed by atoms with Gasteiger partial charge in [-0.15, -0.1) is 24.0 Å². The van der Waals surface area contributed by atoms with Crippen LogP contribution in [0, 0.1) is 0 Å². The Hall–Kier alpha value is -0.660. The van der Waals surface area contributed by atoms with Crippen molar-refractivity contribution in [2.45, 2.75) is 39.7 Å². The predicted molar refractivity (Wildman–Crippen MR) is 125 cm³/mol. The van der Waals surface area contributed by atoms with Gasteiger partial charge in [-0.1, -0.05) is 0 Å². The van der Waals surface area contributed by atoms with Crippen molar-refractivity contribution in [3.05, 3.63) is 0 Å². The summed E-state index contributed by atoms with van der Waals surface area (Å²) in [5.74, 6) is 0.735. The molecule has 0 aromatic carbocycles. The van der Waals surface area contributed by atoms with Crippen LogP contribution in [0.4, 0.5) is 0 Å². The molecule has 2 heterocycles. The van der Waals surface area contributed by atoms with Crippen molar-refractivity contribution in [1.82, 2.24) is 19.4 Å². The largest absolute Gasteiger partial charge is 0.378 e. The number of amides is 1. The van der Waals surface area contributed by atoms with E-state index in [0.717, 1.165) is 25.9 Å². The van der Waals surface area contributed by atoms with E-state index in [-0.39, 0.29) is 54.9 Å². The molecule has 0 radical (unpaired) electrons. The fourth-order valence-electron chi connectivity index (χ4n) is 3.33. The van der Waals surface area contributed by atoms with E-state index >= 15 is 0 Å². The summed E-state index contributed by atoms with van der Waals surface area (Å²) < 4.78 is 31.8. The molecule has 0 aliphatic carbocycles. The van der Waals surface area contributed by atoms with E-state index in [1.54, 1.807) is 0 Å². The van der Waals surface area contributed by atoms with Crippen molar-refractivity contribution in [1.29, 1.82) is 0 Å². The SMILES string of the molecule is CCNC(=NCC(=O)N1CCCC1)N1CCN(S(=O)(=O)CCOC(C)C)CC1.I. The minimum atomic E-state index is -3.32. The number of likely N-dealkylation sites (tertiary alicyclic amines) is 1. The van der Waals surface area contributed by atoms with Gasteiger partial charge in [0, 0.05) is 45.8 Å². The van der Waals surface area contributed by atoms with Crippen LogP contribution in [0.25, 0.3) is 0 Å². The Kier molecular flexibility index (Phi) is 11.7. The number of nitrogens with zero attached hydrogens (tertiary/aromatic N) is 4. The van der Waals surface area contributed by atoms with Crippen molar-refractivity contribution in [3.63, 3.8) is 0 Å². The number of carbonyl (C=O) groups is 1. The molecule has 0 spiro atoms. The summed E-state index contributed by atoms with van der Waals surface area (Å²) in [6.07, 6.45) is 2.15. The van der Waals surface area contributed by atoms with Crippen LogP contribution in [-0.4, -0.2) is 105 Å². The van der Waals surface area contributed by atoms with Gasteiger partial charge in [-0.2, -0.15) is 4.31 Å². The monoisotopic (exact) mass is 545 g/mol. The van der Waals surface area contributed by atoms with Crippen LogP contribution in [0.2, 0.25) is 0 Å². The van der Waals surface area contributed by atoms with Crippen molar-refractivity contribution < 1.29 is 17.9 Å². The Morgan fingerprint density at radius 3 is 2.24 bits per heavy atom. The number of guanidine groups is 1. The molecule has 0 aromatic heterocycles. The van der Waals surface area contributed by atoms with Gasteiger partial charge in [0.2, 0.25) is 15.9 Å². The molecule has 2 fully saturated rings. The number of carbonyl (C=O) groups excluding carboxylic acids is 1.